The Hall–Kier alpha value is -2.04. The van der Waals surface area contributed by atoms with Crippen molar-refractivity contribution >= 4 is 11.3 Å². The number of aromatic nitrogens is 1. The van der Waals surface area contributed by atoms with Gasteiger partial charge in [0.1, 0.15) is 10.8 Å². The van der Waals surface area contributed by atoms with Gasteiger partial charge in [-0.2, -0.15) is 0 Å². The van der Waals surface area contributed by atoms with E-state index in [1.54, 1.807) is 23.5 Å². The van der Waals surface area contributed by atoms with Crippen LogP contribution in [0.15, 0.2) is 54.6 Å². The fourth-order valence-corrected chi connectivity index (χ4v) is 3.01. The summed E-state index contributed by atoms with van der Waals surface area (Å²) in [6.45, 7) is 0.408. The Kier molecular flexibility index (Phi) is 3.58. The van der Waals surface area contributed by atoms with Gasteiger partial charge in [-0.15, -0.1) is 11.3 Å². The zero-order valence-corrected chi connectivity index (χ0v) is 11.5. The standard InChI is InChI=1S/C16H13FN2S/c17-13-8-6-11(7-9-13)15-16(20-14(10-18)19-15)12-4-2-1-3-5-12/h1-9H,10,18H2. The normalized spacial score (nSPS) is 10.7. The van der Waals surface area contributed by atoms with E-state index in [9.17, 15) is 4.39 Å². The van der Waals surface area contributed by atoms with E-state index in [0.29, 0.717) is 6.54 Å². The molecular formula is C16H13FN2S. The number of thiazole rings is 1. The van der Waals surface area contributed by atoms with Crippen LogP contribution in [0.1, 0.15) is 5.01 Å². The summed E-state index contributed by atoms with van der Waals surface area (Å²) in [6.07, 6.45) is 0. The second-order valence-electron chi connectivity index (χ2n) is 4.36. The van der Waals surface area contributed by atoms with Crippen molar-refractivity contribution < 1.29 is 4.39 Å². The van der Waals surface area contributed by atoms with Gasteiger partial charge in [0.2, 0.25) is 0 Å². The summed E-state index contributed by atoms with van der Waals surface area (Å²) in [5, 5.41) is 0.878. The number of halogens is 1. The predicted molar refractivity (Wildman–Crippen MR) is 80.8 cm³/mol. The van der Waals surface area contributed by atoms with Gasteiger partial charge < -0.3 is 5.73 Å². The molecule has 3 rings (SSSR count). The molecule has 2 nitrogen and oxygen atoms in total. The van der Waals surface area contributed by atoms with Gasteiger partial charge in [0.15, 0.2) is 0 Å². The third-order valence-corrected chi connectivity index (χ3v) is 4.13. The van der Waals surface area contributed by atoms with E-state index in [0.717, 1.165) is 26.7 Å². The summed E-state index contributed by atoms with van der Waals surface area (Å²) in [7, 11) is 0. The van der Waals surface area contributed by atoms with Crippen molar-refractivity contribution in [2.24, 2.45) is 5.73 Å². The van der Waals surface area contributed by atoms with Gasteiger partial charge in [0.05, 0.1) is 10.6 Å². The Morgan fingerprint density at radius 3 is 2.30 bits per heavy atom. The summed E-state index contributed by atoms with van der Waals surface area (Å²) < 4.78 is 13.1. The molecule has 0 radical (unpaired) electrons. The maximum atomic E-state index is 13.1. The molecule has 2 N–H and O–H groups in total. The molecule has 0 saturated carbocycles. The molecule has 0 fully saturated rings. The number of nitrogens with zero attached hydrogens (tertiary/aromatic N) is 1. The van der Waals surface area contributed by atoms with Crippen LogP contribution in [0.4, 0.5) is 4.39 Å². The van der Waals surface area contributed by atoms with Gasteiger partial charge in [-0.25, -0.2) is 9.37 Å². The average Bonchev–Trinajstić information content (AvgIpc) is 2.93. The fraction of sp³-hybridized carbons (Fsp3) is 0.0625. The lowest BCUT2D eigenvalue weighted by Gasteiger charge is -2.02. The van der Waals surface area contributed by atoms with E-state index in [4.69, 9.17) is 5.73 Å². The molecule has 3 aromatic rings. The molecule has 0 saturated heterocycles. The zero-order chi connectivity index (χ0) is 13.9. The summed E-state index contributed by atoms with van der Waals surface area (Å²) in [5.41, 5.74) is 8.57. The third-order valence-electron chi connectivity index (χ3n) is 3.00. The van der Waals surface area contributed by atoms with Gasteiger partial charge in [0.25, 0.3) is 0 Å². The van der Waals surface area contributed by atoms with Crippen molar-refractivity contribution in [2.75, 3.05) is 0 Å². The quantitative estimate of drug-likeness (QED) is 0.787. The van der Waals surface area contributed by atoms with Crippen molar-refractivity contribution in [3.8, 4) is 21.7 Å². The minimum absolute atomic E-state index is 0.246. The molecule has 0 aliphatic carbocycles. The largest absolute Gasteiger partial charge is 0.325 e. The molecule has 20 heavy (non-hydrogen) atoms. The number of hydrogen-bond acceptors (Lipinski definition) is 3. The fourth-order valence-electron chi connectivity index (χ4n) is 2.04. The van der Waals surface area contributed by atoms with Crippen LogP contribution >= 0.6 is 11.3 Å². The number of nitrogens with two attached hydrogens (primary N) is 1. The Bertz CT molecular complexity index is 705. The summed E-state index contributed by atoms with van der Waals surface area (Å²) in [4.78, 5) is 5.64. The summed E-state index contributed by atoms with van der Waals surface area (Å²) in [5.74, 6) is -0.246. The van der Waals surface area contributed by atoms with E-state index >= 15 is 0 Å². The minimum atomic E-state index is -0.246. The summed E-state index contributed by atoms with van der Waals surface area (Å²) in [6, 6.07) is 16.4. The molecule has 0 spiro atoms. The van der Waals surface area contributed by atoms with Crippen LogP contribution in [0.2, 0.25) is 0 Å². The molecule has 1 heterocycles. The maximum absolute atomic E-state index is 13.1. The van der Waals surface area contributed by atoms with Crippen LogP contribution in [0, 0.1) is 5.82 Å². The highest BCUT2D eigenvalue weighted by atomic mass is 32.1. The molecule has 0 unspecified atom stereocenters. The van der Waals surface area contributed by atoms with Crippen LogP contribution in [-0.2, 0) is 6.54 Å². The molecule has 4 heteroatoms. The smallest absolute Gasteiger partial charge is 0.123 e. The molecular weight excluding hydrogens is 271 g/mol. The highest BCUT2D eigenvalue weighted by Gasteiger charge is 2.14. The first-order valence-electron chi connectivity index (χ1n) is 6.29. The Balaban J connectivity index is 2.15. The van der Waals surface area contributed by atoms with E-state index < -0.39 is 0 Å². The molecule has 0 bridgehead atoms. The molecule has 2 aromatic carbocycles. The van der Waals surface area contributed by atoms with E-state index in [1.807, 2.05) is 30.3 Å². The Morgan fingerprint density at radius 1 is 0.950 bits per heavy atom. The van der Waals surface area contributed by atoms with Gasteiger partial charge in [0, 0.05) is 12.1 Å². The first-order valence-corrected chi connectivity index (χ1v) is 7.10. The lowest BCUT2D eigenvalue weighted by Crippen LogP contribution is -1.94. The Morgan fingerprint density at radius 2 is 1.65 bits per heavy atom. The number of rotatable bonds is 3. The number of hydrogen-bond donors (Lipinski definition) is 1. The van der Waals surface area contributed by atoms with Crippen LogP contribution in [0.25, 0.3) is 21.7 Å². The highest BCUT2D eigenvalue weighted by molar-refractivity contribution is 7.15. The van der Waals surface area contributed by atoms with Crippen molar-refractivity contribution in [2.45, 2.75) is 6.54 Å². The lowest BCUT2D eigenvalue weighted by molar-refractivity contribution is 0.628. The molecule has 100 valence electrons. The topological polar surface area (TPSA) is 38.9 Å². The highest BCUT2D eigenvalue weighted by Crippen LogP contribution is 2.36. The lowest BCUT2D eigenvalue weighted by atomic mass is 10.1. The van der Waals surface area contributed by atoms with Crippen molar-refractivity contribution in [1.29, 1.82) is 0 Å². The second-order valence-corrected chi connectivity index (χ2v) is 5.45. The van der Waals surface area contributed by atoms with Crippen molar-refractivity contribution in [3.05, 3.63) is 65.4 Å². The molecule has 0 aliphatic rings. The van der Waals surface area contributed by atoms with E-state index in [2.05, 4.69) is 4.98 Å². The first-order chi connectivity index (χ1) is 9.78. The second kappa shape index (κ2) is 5.53. The molecule has 0 atom stereocenters. The van der Waals surface area contributed by atoms with Crippen molar-refractivity contribution in [3.63, 3.8) is 0 Å². The van der Waals surface area contributed by atoms with Gasteiger partial charge in [-0.3, -0.25) is 0 Å². The summed E-state index contributed by atoms with van der Waals surface area (Å²) >= 11 is 1.58. The minimum Gasteiger partial charge on any atom is -0.325 e. The molecule has 0 amide bonds. The molecule has 1 aromatic heterocycles. The average molecular weight is 284 g/mol. The first kappa shape index (κ1) is 13.0. The van der Waals surface area contributed by atoms with Crippen LogP contribution < -0.4 is 5.73 Å². The third kappa shape index (κ3) is 2.48. The van der Waals surface area contributed by atoms with E-state index in [-0.39, 0.29) is 5.82 Å². The SMILES string of the molecule is NCc1nc(-c2ccc(F)cc2)c(-c2ccccc2)s1. The van der Waals surface area contributed by atoms with Gasteiger partial charge >= 0.3 is 0 Å². The van der Waals surface area contributed by atoms with Gasteiger partial charge in [-0.1, -0.05) is 30.3 Å². The Labute approximate surface area is 120 Å². The van der Waals surface area contributed by atoms with Crippen LogP contribution in [-0.4, -0.2) is 4.98 Å². The maximum Gasteiger partial charge on any atom is 0.123 e. The predicted octanol–water partition coefficient (Wildman–Crippen LogP) is 4.07. The van der Waals surface area contributed by atoms with Crippen molar-refractivity contribution in [1.82, 2.24) is 4.98 Å². The zero-order valence-electron chi connectivity index (χ0n) is 10.7. The molecule has 0 aliphatic heterocycles. The van der Waals surface area contributed by atoms with E-state index in [1.165, 1.54) is 12.1 Å². The van der Waals surface area contributed by atoms with Crippen LogP contribution in [0.3, 0.4) is 0 Å². The number of benzene rings is 2. The monoisotopic (exact) mass is 284 g/mol. The van der Waals surface area contributed by atoms with Gasteiger partial charge in [-0.05, 0) is 29.8 Å². The van der Waals surface area contributed by atoms with Crippen LogP contribution in [0.5, 0.6) is 0 Å².